The van der Waals surface area contributed by atoms with Crippen molar-refractivity contribution in [2.45, 2.75) is 87.7 Å². The molecule has 0 aromatic heterocycles. The lowest BCUT2D eigenvalue weighted by atomic mass is 10.1. The molecule has 0 spiro atoms. The SMILES string of the molecule is NCNC(=O)C(CNC(=O)CC[C@@H](C(=O)O)N(CCN(CC(=O)O)CC(=O)O)CCN(CC(=O)O)CC(=O)O)NC(=O)CCNC(=O)C(N)CNC(=O)CC[C@@H](C(O)O)N(CCN(CC(O)O)CC(O)O)CCN(CC(O)O)CC(O)O. The van der Waals surface area contributed by atoms with Crippen LogP contribution in [0.5, 0.6) is 0 Å². The lowest BCUT2D eigenvalue weighted by Gasteiger charge is -2.36. The third-order valence-corrected chi connectivity index (χ3v) is 11.7. The van der Waals surface area contributed by atoms with Crippen molar-refractivity contribution >= 4 is 59.4 Å². The van der Waals surface area contributed by atoms with Gasteiger partial charge in [0, 0.05) is 117 Å². The quantitative estimate of drug-likeness (QED) is 0.0252. The van der Waals surface area contributed by atoms with E-state index in [-0.39, 0.29) is 65.3 Å². The van der Waals surface area contributed by atoms with Gasteiger partial charge in [-0.1, -0.05) is 0 Å². The number of carboxylic acids is 5. The fourth-order valence-corrected chi connectivity index (χ4v) is 7.95. The molecule has 0 saturated heterocycles. The average Bonchev–Trinajstić information content (AvgIpc) is 3.34. The Morgan fingerprint density at radius 2 is 0.817 bits per heavy atom. The largest absolute Gasteiger partial charge is 0.480 e. The molecule has 0 aliphatic carbocycles. The summed E-state index contributed by atoms with van der Waals surface area (Å²) in [4.78, 5) is 130. The predicted octanol–water partition coefficient (Wildman–Crippen LogP) is -13.3. The highest BCUT2D eigenvalue weighted by molar-refractivity contribution is 5.89. The summed E-state index contributed by atoms with van der Waals surface area (Å²) in [5, 5.41) is 156. The van der Waals surface area contributed by atoms with E-state index in [1.165, 1.54) is 19.6 Å². The summed E-state index contributed by atoms with van der Waals surface area (Å²) < 4.78 is 0. The Hall–Kier alpha value is -6.02. The first-order valence-corrected chi connectivity index (χ1v) is 25.5. The van der Waals surface area contributed by atoms with Gasteiger partial charge in [0.25, 0.3) is 0 Å². The van der Waals surface area contributed by atoms with E-state index in [9.17, 15) is 125 Å². The highest BCUT2D eigenvalue weighted by Gasteiger charge is 2.31. The van der Waals surface area contributed by atoms with E-state index < -0.39 is 213 Å². The number of hydrogen-bond donors (Lipinski definition) is 22. The number of rotatable bonds is 49. The molecular weight excluding hydrogens is 1110 g/mol. The number of aliphatic carboxylic acids is 5. The summed E-state index contributed by atoms with van der Waals surface area (Å²) >= 11 is 0. The van der Waals surface area contributed by atoms with Crippen LogP contribution in [0, 0.1) is 0 Å². The van der Waals surface area contributed by atoms with E-state index in [0.717, 1.165) is 9.80 Å². The van der Waals surface area contributed by atoms with Crippen molar-refractivity contribution in [3.63, 3.8) is 0 Å². The van der Waals surface area contributed by atoms with Crippen molar-refractivity contribution in [1.82, 2.24) is 56.0 Å². The Morgan fingerprint density at radius 1 is 0.427 bits per heavy atom. The Kier molecular flexibility index (Phi) is 38.8. The van der Waals surface area contributed by atoms with Gasteiger partial charge in [0.2, 0.25) is 29.5 Å². The van der Waals surface area contributed by atoms with Gasteiger partial charge in [0.15, 0.2) is 31.5 Å². The number of nitrogens with two attached hydrogens (primary N) is 2. The normalized spacial score (nSPS) is 13.4. The number of aliphatic hydroxyl groups excluding tert-OH is 5. The van der Waals surface area contributed by atoms with E-state index in [2.05, 4.69) is 26.6 Å². The van der Waals surface area contributed by atoms with Gasteiger partial charge >= 0.3 is 29.8 Å². The summed E-state index contributed by atoms with van der Waals surface area (Å²) in [5.41, 5.74) is 11.4. The zero-order valence-electron chi connectivity index (χ0n) is 45.0. The van der Waals surface area contributed by atoms with Crippen LogP contribution >= 0.6 is 0 Å². The standard InChI is InChI=1S/C44H83N13O25/c45-25-50-42(78)27(16-49-31(59)4-2-29(44(81)82)57(13-9-54(21-37(69)70)22-38(71)72)14-10-55(23-39(73)74)24-40(75)76)51-32(60)5-6-47-41(77)26(46)15-48-30(58)3-1-28(43(79)80)56(11-7-52(17-33(61)62)18-34(63)64)12-8-53(19-35(65)66)20-36(67)68/h26-29,33-36,43,61-68,79-80H,1-25,45-46H2,(H,47,77)(H,48,58)(H,49,59)(H,50,78)(H,51,60)(H,69,70)(H,71,72)(H,73,74)(H,75,76)(H,81,82)/t26?,27?,28-,29-/m0/s1. The van der Waals surface area contributed by atoms with Crippen LogP contribution in [-0.2, 0) is 47.9 Å². The second kappa shape index (κ2) is 41.9. The zero-order valence-corrected chi connectivity index (χ0v) is 45.0. The van der Waals surface area contributed by atoms with Gasteiger partial charge in [-0.15, -0.1) is 0 Å². The summed E-state index contributed by atoms with van der Waals surface area (Å²) in [6, 6.07) is -5.75. The number of amides is 5. The minimum atomic E-state index is -2.14. The first-order valence-electron chi connectivity index (χ1n) is 25.5. The molecule has 82 heavy (non-hydrogen) atoms. The molecule has 24 N–H and O–H groups in total. The maximum Gasteiger partial charge on any atom is 0.320 e. The molecule has 0 rings (SSSR count). The molecule has 0 aromatic carbocycles. The molecule has 2 unspecified atom stereocenters. The van der Waals surface area contributed by atoms with Crippen LogP contribution < -0.4 is 38.1 Å². The Labute approximate surface area is 469 Å². The Bertz CT molecular complexity index is 1860. The molecule has 4 atom stereocenters. The zero-order chi connectivity index (χ0) is 62.6. The number of carboxylic acid groups (broad SMARTS) is 5. The molecular formula is C44H83N13O25. The topological polar surface area (TPSA) is 606 Å². The fraction of sp³-hybridized carbons (Fsp3) is 0.773. The van der Waals surface area contributed by atoms with Crippen LogP contribution in [0.25, 0.3) is 0 Å². The number of carbonyl (C=O) groups is 10. The molecule has 0 saturated carbocycles. The molecule has 0 aliphatic rings. The molecule has 0 radical (unpaired) electrons. The molecule has 0 fully saturated rings. The second-order valence-electron chi connectivity index (χ2n) is 18.5. The van der Waals surface area contributed by atoms with Gasteiger partial charge in [-0.2, -0.15) is 0 Å². The summed E-state index contributed by atoms with van der Waals surface area (Å²) in [5.74, 6) is -11.3. The smallest absolute Gasteiger partial charge is 0.320 e. The van der Waals surface area contributed by atoms with Crippen LogP contribution in [-0.4, -0.2) is 352 Å². The van der Waals surface area contributed by atoms with E-state index in [4.69, 9.17) is 11.5 Å². The van der Waals surface area contributed by atoms with Gasteiger partial charge < -0.3 is 115 Å². The molecule has 38 heteroatoms. The molecule has 474 valence electrons. The maximum atomic E-state index is 13.1. The van der Waals surface area contributed by atoms with Gasteiger partial charge in [0.1, 0.15) is 18.1 Å². The Morgan fingerprint density at radius 3 is 1.20 bits per heavy atom. The van der Waals surface area contributed by atoms with E-state index in [0.29, 0.717) is 0 Å². The number of nitrogens with one attached hydrogen (secondary N) is 5. The minimum Gasteiger partial charge on any atom is -0.480 e. The van der Waals surface area contributed by atoms with Crippen molar-refractivity contribution in [2.24, 2.45) is 11.5 Å². The highest BCUT2D eigenvalue weighted by Crippen LogP contribution is 2.14. The van der Waals surface area contributed by atoms with Gasteiger partial charge in [-0.3, -0.25) is 77.3 Å². The Balaban J connectivity index is 5.75. The van der Waals surface area contributed by atoms with Crippen LogP contribution in [0.3, 0.4) is 0 Å². The third kappa shape index (κ3) is 37.2. The molecule has 5 amide bonds. The predicted molar refractivity (Wildman–Crippen MR) is 275 cm³/mol. The number of nitrogens with zero attached hydrogens (tertiary/aromatic N) is 6. The van der Waals surface area contributed by atoms with Crippen molar-refractivity contribution in [1.29, 1.82) is 0 Å². The van der Waals surface area contributed by atoms with Crippen molar-refractivity contribution in [3.05, 3.63) is 0 Å². The molecule has 0 aromatic rings. The second-order valence-corrected chi connectivity index (χ2v) is 18.5. The van der Waals surface area contributed by atoms with E-state index in [1.54, 1.807) is 0 Å². The molecule has 38 nitrogen and oxygen atoms in total. The van der Waals surface area contributed by atoms with Crippen molar-refractivity contribution < 1.29 is 125 Å². The van der Waals surface area contributed by atoms with E-state index in [1.807, 2.05) is 0 Å². The minimum absolute atomic E-state index is 0.143. The van der Waals surface area contributed by atoms with Gasteiger partial charge in [-0.05, 0) is 12.8 Å². The number of carbonyl (C=O) groups excluding carboxylic acids is 5. The van der Waals surface area contributed by atoms with Gasteiger partial charge in [-0.25, -0.2) is 0 Å². The van der Waals surface area contributed by atoms with Crippen LogP contribution in [0.4, 0.5) is 0 Å². The lowest BCUT2D eigenvalue weighted by Crippen LogP contribution is -2.54. The van der Waals surface area contributed by atoms with Crippen molar-refractivity contribution in [3.8, 4) is 0 Å². The fourth-order valence-electron chi connectivity index (χ4n) is 7.95. The monoisotopic (exact) mass is 1190 g/mol. The van der Waals surface area contributed by atoms with Crippen LogP contribution in [0.15, 0.2) is 0 Å². The van der Waals surface area contributed by atoms with Crippen LogP contribution in [0.2, 0.25) is 0 Å². The van der Waals surface area contributed by atoms with E-state index >= 15 is 0 Å². The van der Waals surface area contributed by atoms with Gasteiger partial charge in [0.05, 0.1) is 38.9 Å². The molecule has 0 heterocycles. The lowest BCUT2D eigenvalue weighted by molar-refractivity contribution is -0.146. The molecule has 0 bridgehead atoms. The average molecular weight is 1190 g/mol. The van der Waals surface area contributed by atoms with Crippen molar-refractivity contribution in [2.75, 3.05) is 131 Å². The van der Waals surface area contributed by atoms with Crippen LogP contribution in [0.1, 0.15) is 32.1 Å². The number of aliphatic hydroxyl groups is 10. The first-order chi connectivity index (χ1) is 38.3. The number of hydrogen-bond acceptors (Lipinski definition) is 28. The summed E-state index contributed by atoms with van der Waals surface area (Å²) in [6.45, 7) is -8.75. The summed E-state index contributed by atoms with van der Waals surface area (Å²) in [6.07, 6.45) is -12.0. The third-order valence-electron chi connectivity index (χ3n) is 11.7. The summed E-state index contributed by atoms with van der Waals surface area (Å²) in [7, 11) is 0. The maximum absolute atomic E-state index is 13.1. The highest BCUT2D eigenvalue weighted by atomic mass is 16.5. The molecule has 0 aliphatic heterocycles. The first kappa shape index (κ1) is 76.0.